The third kappa shape index (κ3) is 3.02. The van der Waals surface area contributed by atoms with Gasteiger partial charge in [-0.1, -0.05) is 11.6 Å². The Morgan fingerprint density at radius 1 is 1.50 bits per heavy atom. The molecule has 0 N–H and O–H groups in total. The molecule has 0 atom stereocenters. The number of thiophene rings is 1. The lowest BCUT2D eigenvalue weighted by Gasteiger charge is -2.22. The molecule has 0 unspecified atom stereocenters. The molecule has 2 aromatic heterocycles. The van der Waals surface area contributed by atoms with E-state index in [1.54, 1.807) is 23.5 Å². The first-order chi connectivity index (χ1) is 9.63. The minimum absolute atomic E-state index is 0.0473. The summed E-state index contributed by atoms with van der Waals surface area (Å²) in [6.07, 6.45) is 2.18. The number of aryl methyl sites for hydroxylation is 1. The van der Waals surface area contributed by atoms with Gasteiger partial charge in [-0.15, -0.1) is 0 Å². The standard InChI is InChI=1S/C15H15ClN2OS/c1-10-6-12(7-14(16)17-10)15(19)18(13-2-3-13)8-11-4-5-20-9-11/h4-7,9,13H,2-3,8H2,1H3. The second kappa shape index (κ2) is 5.54. The van der Waals surface area contributed by atoms with Gasteiger partial charge < -0.3 is 4.90 Å². The zero-order valence-electron chi connectivity index (χ0n) is 11.2. The summed E-state index contributed by atoms with van der Waals surface area (Å²) in [6, 6.07) is 5.89. The molecule has 0 radical (unpaired) electrons. The van der Waals surface area contributed by atoms with Gasteiger partial charge in [0, 0.05) is 23.8 Å². The average Bonchev–Trinajstić information content (AvgIpc) is 3.11. The Morgan fingerprint density at radius 3 is 2.90 bits per heavy atom. The monoisotopic (exact) mass is 306 g/mol. The summed E-state index contributed by atoms with van der Waals surface area (Å²) >= 11 is 7.61. The maximum atomic E-state index is 12.7. The summed E-state index contributed by atoms with van der Waals surface area (Å²) in [4.78, 5) is 18.8. The molecule has 0 aliphatic heterocycles. The third-order valence-electron chi connectivity index (χ3n) is 3.35. The van der Waals surface area contributed by atoms with E-state index in [0.29, 0.717) is 23.3 Å². The Hall–Kier alpha value is -1.39. The van der Waals surface area contributed by atoms with E-state index >= 15 is 0 Å². The van der Waals surface area contributed by atoms with Crippen LogP contribution in [0.5, 0.6) is 0 Å². The number of carbonyl (C=O) groups excluding carboxylic acids is 1. The third-order valence-corrected chi connectivity index (χ3v) is 4.28. The van der Waals surface area contributed by atoms with Crippen molar-refractivity contribution < 1.29 is 4.79 Å². The topological polar surface area (TPSA) is 33.2 Å². The second-order valence-electron chi connectivity index (χ2n) is 5.12. The minimum atomic E-state index is 0.0473. The first-order valence-corrected chi connectivity index (χ1v) is 7.92. The SMILES string of the molecule is Cc1cc(C(=O)N(Cc2ccsc2)C2CC2)cc(Cl)n1. The molecule has 0 saturated heterocycles. The van der Waals surface area contributed by atoms with Crippen molar-refractivity contribution in [2.24, 2.45) is 0 Å². The van der Waals surface area contributed by atoms with Crippen LogP contribution in [0.2, 0.25) is 5.15 Å². The first kappa shape index (κ1) is 13.6. The Bertz CT molecular complexity index is 603. The lowest BCUT2D eigenvalue weighted by molar-refractivity contribution is 0.0730. The van der Waals surface area contributed by atoms with Crippen LogP contribution in [0.3, 0.4) is 0 Å². The van der Waals surface area contributed by atoms with Crippen LogP contribution in [0, 0.1) is 6.92 Å². The highest BCUT2D eigenvalue weighted by atomic mass is 35.5. The zero-order chi connectivity index (χ0) is 14.1. The fraction of sp³-hybridized carbons (Fsp3) is 0.333. The summed E-state index contributed by atoms with van der Waals surface area (Å²) in [5.74, 6) is 0.0473. The molecule has 0 bridgehead atoms. The Morgan fingerprint density at radius 2 is 2.30 bits per heavy atom. The molecule has 3 nitrogen and oxygen atoms in total. The smallest absolute Gasteiger partial charge is 0.254 e. The van der Waals surface area contributed by atoms with Crippen molar-refractivity contribution in [2.45, 2.75) is 32.4 Å². The van der Waals surface area contributed by atoms with E-state index in [9.17, 15) is 4.79 Å². The Balaban J connectivity index is 1.85. The van der Waals surface area contributed by atoms with Gasteiger partial charge in [-0.25, -0.2) is 4.98 Å². The summed E-state index contributed by atoms with van der Waals surface area (Å²) in [6.45, 7) is 2.52. The van der Waals surface area contributed by atoms with Crippen LogP contribution in [-0.2, 0) is 6.54 Å². The fourth-order valence-electron chi connectivity index (χ4n) is 2.25. The molecule has 3 rings (SSSR count). The molecule has 1 aliphatic rings. The molecular formula is C15H15ClN2OS. The highest BCUT2D eigenvalue weighted by Gasteiger charge is 2.33. The number of hydrogen-bond acceptors (Lipinski definition) is 3. The molecule has 1 amide bonds. The number of halogens is 1. The summed E-state index contributed by atoms with van der Waals surface area (Å²) in [5, 5.41) is 4.51. The van der Waals surface area contributed by atoms with Crippen LogP contribution in [-0.4, -0.2) is 21.8 Å². The number of nitrogens with zero attached hydrogens (tertiary/aromatic N) is 2. The number of rotatable bonds is 4. The van der Waals surface area contributed by atoms with Gasteiger partial charge in [0.05, 0.1) is 0 Å². The largest absolute Gasteiger partial charge is 0.331 e. The van der Waals surface area contributed by atoms with Crippen molar-refractivity contribution in [2.75, 3.05) is 0 Å². The lowest BCUT2D eigenvalue weighted by atomic mass is 10.2. The van der Waals surface area contributed by atoms with Crippen molar-refractivity contribution in [1.82, 2.24) is 9.88 Å². The van der Waals surface area contributed by atoms with E-state index in [1.807, 2.05) is 17.2 Å². The van der Waals surface area contributed by atoms with Crippen LogP contribution in [0.4, 0.5) is 0 Å². The highest BCUT2D eigenvalue weighted by Crippen LogP contribution is 2.30. The van der Waals surface area contributed by atoms with E-state index in [-0.39, 0.29) is 5.91 Å². The van der Waals surface area contributed by atoms with Gasteiger partial charge in [0.2, 0.25) is 0 Å². The van der Waals surface area contributed by atoms with Crippen LogP contribution in [0.15, 0.2) is 29.0 Å². The van der Waals surface area contributed by atoms with Crippen molar-refractivity contribution in [3.05, 3.63) is 50.9 Å². The Labute approximate surface area is 127 Å². The van der Waals surface area contributed by atoms with E-state index in [2.05, 4.69) is 16.4 Å². The summed E-state index contributed by atoms with van der Waals surface area (Å²) < 4.78 is 0. The van der Waals surface area contributed by atoms with Crippen LogP contribution in [0.25, 0.3) is 0 Å². The van der Waals surface area contributed by atoms with E-state index < -0.39 is 0 Å². The molecule has 1 fully saturated rings. The molecule has 2 aromatic rings. The zero-order valence-corrected chi connectivity index (χ0v) is 12.7. The maximum absolute atomic E-state index is 12.7. The molecular weight excluding hydrogens is 292 g/mol. The number of carbonyl (C=O) groups is 1. The molecule has 104 valence electrons. The highest BCUT2D eigenvalue weighted by molar-refractivity contribution is 7.07. The average molecular weight is 307 g/mol. The van der Waals surface area contributed by atoms with Gasteiger partial charge in [-0.2, -0.15) is 11.3 Å². The normalized spacial score (nSPS) is 14.3. The van der Waals surface area contributed by atoms with Gasteiger partial charge >= 0.3 is 0 Å². The predicted octanol–water partition coefficient (Wildman–Crippen LogP) is 3.91. The molecule has 1 aliphatic carbocycles. The van der Waals surface area contributed by atoms with Gasteiger partial charge in [-0.05, 0) is 54.3 Å². The van der Waals surface area contributed by atoms with E-state index in [0.717, 1.165) is 18.5 Å². The molecule has 0 spiro atoms. The first-order valence-electron chi connectivity index (χ1n) is 6.60. The van der Waals surface area contributed by atoms with Crippen LogP contribution < -0.4 is 0 Å². The maximum Gasteiger partial charge on any atom is 0.254 e. The van der Waals surface area contributed by atoms with Crippen molar-refractivity contribution in [1.29, 1.82) is 0 Å². The summed E-state index contributed by atoms with van der Waals surface area (Å²) in [5.41, 5.74) is 2.59. The second-order valence-corrected chi connectivity index (χ2v) is 6.28. The Kier molecular flexibility index (Phi) is 3.76. The summed E-state index contributed by atoms with van der Waals surface area (Å²) in [7, 11) is 0. The van der Waals surface area contributed by atoms with E-state index in [4.69, 9.17) is 11.6 Å². The van der Waals surface area contributed by atoms with Crippen molar-refractivity contribution in [3.63, 3.8) is 0 Å². The molecule has 5 heteroatoms. The van der Waals surface area contributed by atoms with Crippen LogP contribution in [0.1, 0.15) is 34.5 Å². The van der Waals surface area contributed by atoms with Gasteiger partial charge in [0.1, 0.15) is 5.15 Å². The molecule has 1 saturated carbocycles. The van der Waals surface area contributed by atoms with Gasteiger partial charge in [0.25, 0.3) is 5.91 Å². The molecule has 20 heavy (non-hydrogen) atoms. The van der Waals surface area contributed by atoms with E-state index in [1.165, 1.54) is 5.56 Å². The van der Waals surface area contributed by atoms with Gasteiger partial charge in [-0.3, -0.25) is 4.79 Å². The number of hydrogen-bond donors (Lipinski definition) is 0. The van der Waals surface area contributed by atoms with Crippen LogP contribution >= 0.6 is 22.9 Å². The lowest BCUT2D eigenvalue weighted by Crippen LogP contribution is -2.32. The number of amides is 1. The fourth-order valence-corrected chi connectivity index (χ4v) is 3.16. The van der Waals surface area contributed by atoms with Gasteiger partial charge in [0.15, 0.2) is 0 Å². The molecule has 2 heterocycles. The minimum Gasteiger partial charge on any atom is -0.331 e. The van der Waals surface area contributed by atoms with Crippen molar-refractivity contribution >= 4 is 28.8 Å². The quantitative estimate of drug-likeness (QED) is 0.802. The number of pyridine rings is 1. The predicted molar refractivity (Wildman–Crippen MR) is 81.2 cm³/mol. The van der Waals surface area contributed by atoms with Crippen molar-refractivity contribution in [3.8, 4) is 0 Å². The molecule has 0 aromatic carbocycles. The number of aromatic nitrogens is 1.